The van der Waals surface area contributed by atoms with Crippen LogP contribution in [-0.2, 0) is 32.8 Å². The molecule has 2 atom stereocenters. The van der Waals surface area contributed by atoms with Crippen LogP contribution in [0.15, 0.2) is 23.1 Å². The Kier molecular flexibility index (Phi) is 5.88. The zero-order chi connectivity index (χ0) is 17.4. The number of hydrogen-bond acceptors (Lipinski definition) is 5. The fourth-order valence-electron chi connectivity index (χ4n) is 3.84. The summed E-state index contributed by atoms with van der Waals surface area (Å²) >= 11 is 0. The summed E-state index contributed by atoms with van der Waals surface area (Å²) in [6.45, 7) is 2.10. The molecule has 2 fully saturated rings. The van der Waals surface area contributed by atoms with Crippen molar-refractivity contribution in [3.8, 4) is 0 Å². The van der Waals surface area contributed by atoms with E-state index in [0.29, 0.717) is 38.4 Å². The van der Waals surface area contributed by atoms with Gasteiger partial charge in [0.2, 0.25) is 15.9 Å². The molecule has 7 nitrogen and oxygen atoms in total. The van der Waals surface area contributed by atoms with Gasteiger partial charge in [0.1, 0.15) is 0 Å². The van der Waals surface area contributed by atoms with E-state index in [1.54, 1.807) is 23.1 Å². The smallest absolute Gasteiger partial charge is 0.241 e. The normalized spacial score (nSPS) is 24.7. The van der Waals surface area contributed by atoms with Crippen molar-refractivity contribution in [2.45, 2.75) is 49.5 Å². The third-order valence-electron chi connectivity index (χ3n) is 5.29. The van der Waals surface area contributed by atoms with Crippen molar-refractivity contribution < 1.29 is 17.9 Å². The second-order valence-corrected chi connectivity index (χ2v) is 8.78. The van der Waals surface area contributed by atoms with Crippen LogP contribution in [0.3, 0.4) is 0 Å². The lowest BCUT2D eigenvalue weighted by Gasteiger charge is -2.24. The molecule has 3 aliphatic heterocycles. The number of nitrogens with zero attached hydrogens (tertiary/aromatic N) is 1. The molecule has 3 heterocycles. The monoisotopic (exact) mass is 401 g/mol. The molecule has 4 rings (SSSR count). The Morgan fingerprint density at radius 3 is 2.81 bits per heavy atom. The summed E-state index contributed by atoms with van der Waals surface area (Å²) in [7, 11) is -3.70. The average Bonchev–Trinajstić information content (AvgIpc) is 3.18. The van der Waals surface area contributed by atoms with Gasteiger partial charge in [0.25, 0.3) is 0 Å². The first-order valence-electron chi connectivity index (χ1n) is 8.74. The van der Waals surface area contributed by atoms with Gasteiger partial charge >= 0.3 is 0 Å². The average molecular weight is 402 g/mol. The van der Waals surface area contributed by atoms with Gasteiger partial charge in [-0.2, -0.15) is 0 Å². The molecular weight excluding hydrogens is 378 g/mol. The van der Waals surface area contributed by atoms with Gasteiger partial charge in [-0.05, 0) is 42.5 Å². The number of halogens is 1. The van der Waals surface area contributed by atoms with Crippen LogP contribution in [0.2, 0.25) is 0 Å². The highest BCUT2D eigenvalue weighted by molar-refractivity contribution is 7.89. The zero-order valence-corrected chi connectivity index (χ0v) is 16.1. The largest absolute Gasteiger partial charge is 0.372 e. The van der Waals surface area contributed by atoms with Crippen molar-refractivity contribution in [3.63, 3.8) is 0 Å². The molecule has 0 aromatic heterocycles. The number of carbonyl (C=O) groups is 1. The molecule has 0 spiro atoms. The Hall–Kier alpha value is -1.19. The maximum absolute atomic E-state index is 12.5. The molecule has 144 valence electrons. The number of carbonyl (C=O) groups excluding carboxylic acids is 1. The predicted molar refractivity (Wildman–Crippen MR) is 98.5 cm³/mol. The maximum atomic E-state index is 12.5. The molecule has 26 heavy (non-hydrogen) atoms. The lowest BCUT2D eigenvalue weighted by molar-refractivity contribution is -0.130. The van der Waals surface area contributed by atoms with Crippen molar-refractivity contribution >= 4 is 28.3 Å². The highest BCUT2D eigenvalue weighted by atomic mass is 35.5. The molecule has 1 aromatic carbocycles. The first-order valence-corrected chi connectivity index (χ1v) is 10.2. The van der Waals surface area contributed by atoms with Crippen LogP contribution in [0.4, 0.5) is 0 Å². The molecule has 2 saturated heterocycles. The minimum absolute atomic E-state index is 0. The maximum Gasteiger partial charge on any atom is 0.241 e. The van der Waals surface area contributed by atoms with E-state index in [9.17, 15) is 13.2 Å². The van der Waals surface area contributed by atoms with Crippen LogP contribution in [-0.4, -0.2) is 50.9 Å². The number of ether oxygens (including phenoxy) is 1. The molecule has 3 aliphatic rings. The summed E-state index contributed by atoms with van der Waals surface area (Å²) in [5, 5.41) is 3.52. The predicted octanol–water partition coefficient (Wildman–Crippen LogP) is 0.770. The van der Waals surface area contributed by atoms with E-state index in [1.807, 2.05) is 0 Å². The Bertz CT molecular complexity index is 786. The summed E-state index contributed by atoms with van der Waals surface area (Å²) in [6.07, 6.45) is 3.18. The molecular formula is C17H24ClN3O4S. The van der Waals surface area contributed by atoms with Crippen LogP contribution >= 0.6 is 12.4 Å². The van der Waals surface area contributed by atoms with E-state index in [0.717, 1.165) is 24.0 Å². The number of nitrogens with one attached hydrogen (secondary N) is 2. The van der Waals surface area contributed by atoms with E-state index in [-0.39, 0.29) is 29.8 Å². The molecule has 1 aromatic rings. The van der Waals surface area contributed by atoms with Crippen molar-refractivity contribution in [1.82, 2.24) is 14.9 Å². The fourth-order valence-corrected chi connectivity index (χ4v) is 4.86. The van der Waals surface area contributed by atoms with Gasteiger partial charge in [0.05, 0.1) is 24.7 Å². The second-order valence-electron chi connectivity index (χ2n) is 7.01. The summed E-state index contributed by atoms with van der Waals surface area (Å²) in [6, 6.07) is 5.80. The Morgan fingerprint density at radius 2 is 1.96 bits per heavy atom. The molecule has 2 N–H and O–H groups in total. The highest BCUT2D eigenvalue weighted by Crippen LogP contribution is 2.23. The summed E-state index contributed by atoms with van der Waals surface area (Å²) in [5.41, 5.74) is 1.91. The van der Waals surface area contributed by atoms with E-state index >= 15 is 0 Å². The van der Waals surface area contributed by atoms with E-state index in [4.69, 9.17) is 4.74 Å². The summed E-state index contributed by atoms with van der Waals surface area (Å²) < 4.78 is 32.7. The SMILES string of the molecule is Cl.O=C(CNS(=O)(=O)c1ccc2c(c1)COC2)N1CCC2CCC(C1)N2. The number of rotatable bonds is 4. The second kappa shape index (κ2) is 7.82. The van der Waals surface area contributed by atoms with E-state index in [2.05, 4.69) is 10.0 Å². The standard InChI is InChI=1S/C17H23N3O4S.ClH/c21-17(20-6-5-14-2-3-15(9-20)19-14)8-18-25(22,23)16-4-1-12-10-24-11-13(12)7-16;/h1,4,7,14-15,18-19H,2-3,5-6,8-11H2;1H. The summed E-state index contributed by atoms with van der Waals surface area (Å²) in [4.78, 5) is 14.4. The first-order chi connectivity index (χ1) is 12.0. The molecule has 0 aliphatic carbocycles. The molecule has 9 heteroatoms. The minimum atomic E-state index is -3.70. The number of sulfonamides is 1. The van der Waals surface area contributed by atoms with Gasteiger partial charge in [-0.15, -0.1) is 12.4 Å². The molecule has 0 radical (unpaired) electrons. The number of amides is 1. The van der Waals surface area contributed by atoms with Gasteiger partial charge in [-0.1, -0.05) is 6.07 Å². The number of likely N-dealkylation sites (tertiary alicyclic amines) is 1. The number of fused-ring (bicyclic) bond motifs is 3. The van der Waals surface area contributed by atoms with Crippen LogP contribution in [0.25, 0.3) is 0 Å². The van der Waals surface area contributed by atoms with Crippen molar-refractivity contribution in [3.05, 3.63) is 29.3 Å². The lowest BCUT2D eigenvalue weighted by atomic mass is 10.1. The third-order valence-corrected chi connectivity index (χ3v) is 6.69. The quantitative estimate of drug-likeness (QED) is 0.778. The Morgan fingerprint density at radius 1 is 1.19 bits per heavy atom. The first kappa shape index (κ1) is 19.6. The van der Waals surface area contributed by atoms with Crippen molar-refractivity contribution in [2.24, 2.45) is 0 Å². The highest BCUT2D eigenvalue weighted by Gasteiger charge is 2.31. The van der Waals surface area contributed by atoms with Gasteiger partial charge < -0.3 is 15.0 Å². The Labute approximate surface area is 159 Å². The topological polar surface area (TPSA) is 87.7 Å². The van der Waals surface area contributed by atoms with Gasteiger partial charge in [0.15, 0.2) is 0 Å². The molecule has 2 unspecified atom stereocenters. The Balaban J connectivity index is 0.00000196. The van der Waals surface area contributed by atoms with Crippen LogP contribution < -0.4 is 10.0 Å². The third kappa shape index (κ3) is 4.04. The van der Waals surface area contributed by atoms with Gasteiger partial charge in [0, 0.05) is 25.2 Å². The van der Waals surface area contributed by atoms with E-state index < -0.39 is 10.0 Å². The summed E-state index contributed by atoms with van der Waals surface area (Å²) in [5.74, 6) is -0.164. The number of benzene rings is 1. The van der Waals surface area contributed by atoms with Crippen molar-refractivity contribution in [2.75, 3.05) is 19.6 Å². The van der Waals surface area contributed by atoms with Crippen LogP contribution in [0.1, 0.15) is 30.4 Å². The van der Waals surface area contributed by atoms with Gasteiger partial charge in [-0.3, -0.25) is 4.79 Å². The van der Waals surface area contributed by atoms with Gasteiger partial charge in [-0.25, -0.2) is 13.1 Å². The zero-order valence-electron chi connectivity index (χ0n) is 14.4. The van der Waals surface area contributed by atoms with E-state index in [1.165, 1.54) is 6.42 Å². The number of hydrogen-bond donors (Lipinski definition) is 2. The lowest BCUT2D eigenvalue weighted by Crippen LogP contribution is -2.44. The van der Waals surface area contributed by atoms with Crippen LogP contribution in [0, 0.1) is 0 Å². The molecule has 0 saturated carbocycles. The minimum Gasteiger partial charge on any atom is -0.372 e. The fraction of sp³-hybridized carbons (Fsp3) is 0.588. The van der Waals surface area contributed by atoms with Crippen molar-refractivity contribution in [1.29, 1.82) is 0 Å². The molecule has 1 amide bonds. The molecule has 2 bridgehead atoms. The van der Waals surface area contributed by atoms with Crippen LogP contribution in [0.5, 0.6) is 0 Å².